The normalized spacial score (nSPS) is 12.0. The van der Waals surface area contributed by atoms with Gasteiger partial charge in [-0.3, -0.25) is 4.98 Å². The van der Waals surface area contributed by atoms with Gasteiger partial charge in [0, 0.05) is 32.5 Å². The molecular weight excluding hydrogens is 326 g/mol. The summed E-state index contributed by atoms with van der Waals surface area (Å²) in [6.07, 6.45) is 5.59. The van der Waals surface area contributed by atoms with Crippen molar-refractivity contribution in [2.45, 2.75) is 45.3 Å². The van der Waals surface area contributed by atoms with Crippen LogP contribution in [0, 0.1) is 0 Å². The summed E-state index contributed by atoms with van der Waals surface area (Å²) in [5.74, 6) is 0. The van der Waals surface area contributed by atoms with Crippen LogP contribution in [0.1, 0.15) is 11.3 Å². The predicted molar refractivity (Wildman–Crippen MR) is 105 cm³/mol. The van der Waals surface area contributed by atoms with Crippen LogP contribution < -0.4 is 0 Å². The van der Waals surface area contributed by atoms with Gasteiger partial charge in [0.1, 0.15) is 6.73 Å². The van der Waals surface area contributed by atoms with Gasteiger partial charge in [0.05, 0.1) is 11.2 Å². The van der Waals surface area contributed by atoms with E-state index in [0.717, 1.165) is 30.7 Å². The smallest absolute Gasteiger partial charge is 0.140 e. The summed E-state index contributed by atoms with van der Waals surface area (Å²) in [6, 6.07) is 13.7. The Kier molecular flexibility index (Phi) is 5.66. The molecular formula is C20H27N3OSi. The van der Waals surface area contributed by atoms with Crippen LogP contribution in [0.25, 0.3) is 10.9 Å². The standard InChI is InChI=1S/C20H27N3OSi/c1-25(2,3)15-14-24-16-23-20-7-5-4-6-18(20)19(22-23)9-8-17-10-12-21-13-11-17/h4-7,10-13H,8-9,14-16H2,1-3H3. The monoisotopic (exact) mass is 353 g/mol. The first kappa shape index (κ1) is 17.8. The molecule has 0 aliphatic heterocycles. The van der Waals surface area contributed by atoms with Crippen molar-refractivity contribution in [2.24, 2.45) is 0 Å². The minimum Gasteiger partial charge on any atom is -0.360 e. The van der Waals surface area contributed by atoms with Crippen LogP contribution in [0.3, 0.4) is 0 Å². The zero-order valence-corrected chi connectivity index (χ0v) is 16.4. The molecule has 0 spiro atoms. The van der Waals surface area contributed by atoms with Crippen LogP contribution >= 0.6 is 0 Å². The van der Waals surface area contributed by atoms with E-state index in [9.17, 15) is 0 Å². The highest BCUT2D eigenvalue weighted by Crippen LogP contribution is 2.20. The molecule has 3 rings (SSSR count). The molecule has 3 aromatic rings. The van der Waals surface area contributed by atoms with Gasteiger partial charge < -0.3 is 4.74 Å². The minimum absolute atomic E-state index is 0.528. The van der Waals surface area contributed by atoms with Crippen LogP contribution in [-0.2, 0) is 24.3 Å². The number of pyridine rings is 1. The fourth-order valence-electron chi connectivity index (χ4n) is 2.82. The van der Waals surface area contributed by atoms with Crippen LogP contribution in [0.5, 0.6) is 0 Å². The molecule has 2 heterocycles. The second-order valence-electron chi connectivity index (χ2n) is 7.67. The van der Waals surface area contributed by atoms with Crippen LogP contribution in [0.15, 0.2) is 48.8 Å². The van der Waals surface area contributed by atoms with E-state index in [2.05, 4.69) is 61.0 Å². The number of fused-ring (bicyclic) bond motifs is 1. The Morgan fingerprint density at radius 1 is 1.00 bits per heavy atom. The molecule has 0 atom stereocenters. The Morgan fingerprint density at radius 3 is 2.52 bits per heavy atom. The van der Waals surface area contributed by atoms with Gasteiger partial charge in [-0.25, -0.2) is 4.68 Å². The zero-order valence-electron chi connectivity index (χ0n) is 15.4. The van der Waals surface area contributed by atoms with Crippen molar-refractivity contribution in [3.05, 3.63) is 60.0 Å². The summed E-state index contributed by atoms with van der Waals surface area (Å²) in [6.45, 7) is 8.46. The van der Waals surface area contributed by atoms with E-state index in [4.69, 9.17) is 9.84 Å². The van der Waals surface area contributed by atoms with Crippen molar-refractivity contribution in [2.75, 3.05) is 6.61 Å². The number of nitrogens with zero attached hydrogens (tertiary/aromatic N) is 3. The predicted octanol–water partition coefficient (Wildman–Crippen LogP) is 4.53. The van der Waals surface area contributed by atoms with E-state index in [1.807, 2.05) is 17.1 Å². The number of aromatic nitrogens is 3. The first-order valence-corrected chi connectivity index (χ1v) is 12.6. The van der Waals surface area contributed by atoms with E-state index in [1.54, 1.807) is 0 Å². The molecule has 0 saturated carbocycles. The van der Waals surface area contributed by atoms with E-state index in [1.165, 1.54) is 17.0 Å². The van der Waals surface area contributed by atoms with E-state index >= 15 is 0 Å². The topological polar surface area (TPSA) is 39.9 Å². The first-order chi connectivity index (χ1) is 12.0. The molecule has 5 heteroatoms. The molecule has 0 N–H and O–H groups in total. The molecule has 1 aromatic carbocycles. The molecule has 0 aliphatic rings. The maximum atomic E-state index is 5.91. The third-order valence-corrected chi connectivity index (χ3v) is 6.05. The molecule has 25 heavy (non-hydrogen) atoms. The number of hydrogen-bond acceptors (Lipinski definition) is 3. The average molecular weight is 354 g/mol. The van der Waals surface area contributed by atoms with Gasteiger partial charge in [-0.05, 0) is 42.6 Å². The Labute approximate surface area is 150 Å². The van der Waals surface area contributed by atoms with Crippen LogP contribution in [0.4, 0.5) is 0 Å². The van der Waals surface area contributed by atoms with Crippen molar-refractivity contribution < 1.29 is 4.74 Å². The summed E-state index contributed by atoms with van der Waals surface area (Å²) >= 11 is 0. The number of benzene rings is 1. The molecule has 4 nitrogen and oxygen atoms in total. The molecule has 0 amide bonds. The molecule has 0 bridgehead atoms. The third kappa shape index (κ3) is 5.00. The van der Waals surface area contributed by atoms with Gasteiger partial charge >= 0.3 is 0 Å². The van der Waals surface area contributed by atoms with Crippen LogP contribution in [-0.4, -0.2) is 29.4 Å². The second-order valence-corrected chi connectivity index (χ2v) is 13.3. The SMILES string of the molecule is C[Si](C)(C)CCOCn1nc(CCc2ccncc2)c2ccccc21. The molecule has 0 unspecified atom stereocenters. The van der Waals surface area contributed by atoms with Gasteiger partial charge in [-0.1, -0.05) is 37.8 Å². The van der Waals surface area contributed by atoms with Crippen molar-refractivity contribution in [1.29, 1.82) is 0 Å². The lowest BCUT2D eigenvalue weighted by Gasteiger charge is -2.15. The average Bonchev–Trinajstić information content (AvgIpc) is 2.95. The summed E-state index contributed by atoms with van der Waals surface area (Å²) in [7, 11) is -1.05. The Balaban J connectivity index is 1.69. The molecule has 132 valence electrons. The van der Waals surface area contributed by atoms with Gasteiger partial charge in [0.25, 0.3) is 0 Å². The third-order valence-electron chi connectivity index (χ3n) is 4.34. The number of hydrogen-bond donors (Lipinski definition) is 0. The van der Waals surface area contributed by atoms with Crippen molar-refractivity contribution in [3.63, 3.8) is 0 Å². The van der Waals surface area contributed by atoms with Crippen LogP contribution in [0.2, 0.25) is 25.7 Å². The highest BCUT2D eigenvalue weighted by molar-refractivity contribution is 6.76. The van der Waals surface area contributed by atoms with Gasteiger partial charge in [-0.2, -0.15) is 5.10 Å². The van der Waals surface area contributed by atoms with E-state index in [-0.39, 0.29) is 0 Å². The number of rotatable bonds is 8. The lowest BCUT2D eigenvalue weighted by Crippen LogP contribution is -2.22. The lowest BCUT2D eigenvalue weighted by atomic mass is 10.1. The number of aryl methyl sites for hydroxylation is 2. The highest BCUT2D eigenvalue weighted by atomic mass is 28.3. The lowest BCUT2D eigenvalue weighted by molar-refractivity contribution is 0.0814. The number of ether oxygens (including phenoxy) is 1. The van der Waals surface area contributed by atoms with Gasteiger partial charge in [0.2, 0.25) is 0 Å². The molecule has 0 fully saturated rings. The first-order valence-electron chi connectivity index (χ1n) is 8.94. The molecule has 2 aromatic heterocycles. The summed E-state index contributed by atoms with van der Waals surface area (Å²) in [5, 5.41) is 6.05. The fraction of sp³-hybridized carbons (Fsp3) is 0.400. The van der Waals surface area contributed by atoms with E-state index in [0.29, 0.717) is 6.73 Å². The maximum absolute atomic E-state index is 5.91. The quantitative estimate of drug-likeness (QED) is 0.441. The van der Waals surface area contributed by atoms with Crippen molar-refractivity contribution in [1.82, 2.24) is 14.8 Å². The molecule has 0 saturated heterocycles. The Hall–Kier alpha value is -1.98. The number of para-hydroxylation sites is 1. The summed E-state index contributed by atoms with van der Waals surface area (Å²) in [5.41, 5.74) is 3.58. The molecule has 0 radical (unpaired) electrons. The second kappa shape index (κ2) is 7.93. The van der Waals surface area contributed by atoms with Crippen molar-refractivity contribution in [3.8, 4) is 0 Å². The van der Waals surface area contributed by atoms with Gasteiger partial charge in [0.15, 0.2) is 0 Å². The minimum atomic E-state index is -1.05. The Morgan fingerprint density at radius 2 is 1.76 bits per heavy atom. The van der Waals surface area contributed by atoms with E-state index < -0.39 is 8.07 Å². The Bertz CT molecular complexity index is 809. The largest absolute Gasteiger partial charge is 0.360 e. The fourth-order valence-corrected chi connectivity index (χ4v) is 3.58. The van der Waals surface area contributed by atoms with Gasteiger partial charge in [-0.15, -0.1) is 0 Å². The molecule has 0 aliphatic carbocycles. The maximum Gasteiger partial charge on any atom is 0.140 e. The summed E-state index contributed by atoms with van der Waals surface area (Å²) < 4.78 is 7.91. The zero-order chi connectivity index (χ0) is 17.7. The van der Waals surface area contributed by atoms with Crippen molar-refractivity contribution >= 4 is 19.0 Å². The summed E-state index contributed by atoms with van der Waals surface area (Å²) in [4.78, 5) is 4.08. The highest BCUT2D eigenvalue weighted by Gasteiger charge is 2.13.